The molecule has 0 atom stereocenters. The molecule has 5 nitrogen and oxygen atoms in total. The Hall–Kier alpha value is -2.04. The second kappa shape index (κ2) is 3.84. The molecule has 0 spiro atoms. The number of aldehydes is 1. The van der Waals surface area contributed by atoms with E-state index < -0.39 is 0 Å². The van der Waals surface area contributed by atoms with E-state index in [-0.39, 0.29) is 0 Å². The van der Waals surface area contributed by atoms with Crippen LogP contribution in [-0.2, 0) is 0 Å². The molecule has 0 N–H and O–H groups in total. The Morgan fingerprint density at radius 1 is 1.19 bits per heavy atom. The summed E-state index contributed by atoms with van der Waals surface area (Å²) in [4.78, 5) is 18.7. The highest BCUT2D eigenvalue weighted by molar-refractivity contribution is 5.73. The van der Waals surface area contributed by atoms with Crippen LogP contribution in [0.3, 0.4) is 0 Å². The third kappa shape index (κ3) is 1.60. The number of carbonyl (C=O) groups is 1. The molecule has 82 valence electrons. The molecule has 0 bridgehead atoms. The maximum Gasteiger partial charge on any atom is 0.250 e. The minimum atomic E-state index is 0.460. The summed E-state index contributed by atoms with van der Waals surface area (Å²) < 4.78 is 1.68. The molecule has 0 aliphatic heterocycles. The molecule has 0 amide bonds. The molecule has 2 rings (SSSR count). The molecule has 5 heteroatoms. The summed E-state index contributed by atoms with van der Waals surface area (Å²) in [6.45, 7) is 5.92. The predicted octanol–water partition coefficient (Wildman–Crippen LogP) is 1.40. The Balaban J connectivity index is 2.50. The zero-order valence-electron chi connectivity index (χ0n) is 9.43. The number of carbonyl (C=O) groups excluding carboxylic acids is 1. The lowest BCUT2D eigenvalue weighted by Gasteiger charge is -2.01. The molecule has 0 aliphatic carbocycles. The van der Waals surface area contributed by atoms with E-state index in [0.29, 0.717) is 11.5 Å². The van der Waals surface area contributed by atoms with Crippen molar-refractivity contribution in [2.45, 2.75) is 20.8 Å². The first kappa shape index (κ1) is 10.5. The Morgan fingerprint density at radius 2 is 1.81 bits per heavy atom. The predicted molar refractivity (Wildman–Crippen MR) is 58.8 cm³/mol. The van der Waals surface area contributed by atoms with Crippen molar-refractivity contribution in [3.8, 4) is 5.95 Å². The van der Waals surface area contributed by atoms with E-state index in [2.05, 4.69) is 15.1 Å². The zero-order valence-corrected chi connectivity index (χ0v) is 9.43. The lowest BCUT2D eigenvalue weighted by atomic mass is 10.2. The van der Waals surface area contributed by atoms with Crippen LogP contribution in [0.1, 0.15) is 27.3 Å². The van der Waals surface area contributed by atoms with Crippen molar-refractivity contribution in [3.63, 3.8) is 0 Å². The van der Waals surface area contributed by atoms with Gasteiger partial charge in [0.05, 0.1) is 11.3 Å². The van der Waals surface area contributed by atoms with Gasteiger partial charge in [-0.05, 0) is 26.3 Å². The minimum Gasteiger partial charge on any atom is -0.298 e. The van der Waals surface area contributed by atoms with Gasteiger partial charge in [0.2, 0.25) is 0 Å². The van der Waals surface area contributed by atoms with E-state index in [4.69, 9.17) is 0 Å². The Labute approximate surface area is 93.2 Å². The molecule has 0 fully saturated rings. The quantitative estimate of drug-likeness (QED) is 0.712. The molecular weight excluding hydrogens is 204 g/mol. The zero-order chi connectivity index (χ0) is 11.7. The van der Waals surface area contributed by atoms with E-state index >= 15 is 0 Å². The number of hydrogen-bond donors (Lipinski definition) is 0. The van der Waals surface area contributed by atoms with Gasteiger partial charge in [0, 0.05) is 18.1 Å². The average Bonchev–Trinajstić information content (AvgIpc) is 2.57. The smallest absolute Gasteiger partial charge is 0.250 e. The molecule has 0 saturated heterocycles. The van der Waals surface area contributed by atoms with Crippen molar-refractivity contribution >= 4 is 6.29 Å². The van der Waals surface area contributed by atoms with Crippen LogP contribution in [0.2, 0.25) is 0 Å². The molecule has 2 aromatic rings. The van der Waals surface area contributed by atoms with Crippen molar-refractivity contribution in [2.75, 3.05) is 0 Å². The van der Waals surface area contributed by atoms with Crippen LogP contribution in [-0.4, -0.2) is 26.0 Å². The highest BCUT2D eigenvalue weighted by Crippen LogP contribution is 2.13. The number of rotatable bonds is 2. The molecule has 0 aliphatic rings. The summed E-state index contributed by atoms with van der Waals surface area (Å²) in [5.41, 5.74) is 3.56. The second-order valence-corrected chi connectivity index (χ2v) is 3.64. The van der Waals surface area contributed by atoms with Crippen LogP contribution in [0.4, 0.5) is 0 Å². The molecule has 2 heterocycles. The van der Waals surface area contributed by atoms with E-state index in [1.54, 1.807) is 4.68 Å². The Morgan fingerprint density at radius 3 is 2.25 bits per heavy atom. The van der Waals surface area contributed by atoms with Gasteiger partial charge >= 0.3 is 0 Å². The molecule has 2 aromatic heterocycles. The molecule has 0 aromatic carbocycles. The van der Waals surface area contributed by atoms with Crippen LogP contribution in [0, 0.1) is 20.8 Å². The minimum absolute atomic E-state index is 0.460. The third-order valence-corrected chi connectivity index (χ3v) is 2.64. The first-order chi connectivity index (χ1) is 7.63. The van der Waals surface area contributed by atoms with E-state index in [1.807, 2.05) is 20.8 Å². The van der Waals surface area contributed by atoms with Crippen LogP contribution >= 0.6 is 0 Å². The molecule has 16 heavy (non-hydrogen) atoms. The van der Waals surface area contributed by atoms with E-state index in [0.717, 1.165) is 23.2 Å². The van der Waals surface area contributed by atoms with Crippen molar-refractivity contribution in [3.05, 3.63) is 34.9 Å². The number of hydrogen-bond acceptors (Lipinski definition) is 4. The van der Waals surface area contributed by atoms with Crippen LogP contribution in [0.5, 0.6) is 0 Å². The number of aromatic nitrogens is 4. The summed E-state index contributed by atoms with van der Waals surface area (Å²) in [6, 6.07) is 0. The third-order valence-electron chi connectivity index (χ3n) is 2.64. The summed E-state index contributed by atoms with van der Waals surface area (Å²) in [6.07, 6.45) is 3.69. The van der Waals surface area contributed by atoms with E-state index in [1.165, 1.54) is 12.4 Å². The van der Waals surface area contributed by atoms with Crippen LogP contribution < -0.4 is 0 Å². The van der Waals surface area contributed by atoms with Crippen molar-refractivity contribution in [1.29, 1.82) is 0 Å². The van der Waals surface area contributed by atoms with Gasteiger partial charge in [0.25, 0.3) is 5.95 Å². The molecule has 0 radical (unpaired) electrons. The largest absolute Gasteiger partial charge is 0.298 e. The lowest BCUT2D eigenvalue weighted by Crippen LogP contribution is -2.05. The highest BCUT2D eigenvalue weighted by Gasteiger charge is 2.10. The van der Waals surface area contributed by atoms with Gasteiger partial charge in [-0.2, -0.15) is 5.10 Å². The fraction of sp³-hybridized carbons (Fsp3) is 0.273. The molecule has 0 saturated carbocycles. The van der Waals surface area contributed by atoms with Gasteiger partial charge in [0.15, 0.2) is 6.29 Å². The topological polar surface area (TPSA) is 60.7 Å². The fourth-order valence-electron chi connectivity index (χ4n) is 1.42. The molecular formula is C11H12N4O. The maximum absolute atomic E-state index is 10.5. The van der Waals surface area contributed by atoms with Crippen LogP contribution in [0.15, 0.2) is 12.4 Å². The van der Waals surface area contributed by atoms with Crippen molar-refractivity contribution in [1.82, 2.24) is 19.7 Å². The summed E-state index contributed by atoms with van der Waals surface area (Å²) in [5, 5.41) is 4.34. The first-order valence-corrected chi connectivity index (χ1v) is 4.94. The summed E-state index contributed by atoms with van der Waals surface area (Å²) in [7, 11) is 0. The lowest BCUT2D eigenvalue weighted by molar-refractivity contribution is 0.112. The maximum atomic E-state index is 10.5. The number of nitrogens with zero attached hydrogens (tertiary/aromatic N) is 4. The number of aryl methyl sites for hydroxylation is 1. The van der Waals surface area contributed by atoms with Gasteiger partial charge in [-0.15, -0.1) is 0 Å². The van der Waals surface area contributed by atoms with Gasteiger partial charge in [-0.25, -0.2) is 14.6 Å². The fourth-order valence-corrected chi connectivity index (χ4v) is 1.42. The summed E-state index contributed by atoms with van der Waals surface area (Å²) >= 11 is 0. The van der Waals surface area contributed by atoms with Gasteiger partial charge in [-0.3, -0.25) is 4.79 Å². The molecule has 0 unspecified atom stereocenters. The van der Waals surface area contributed by atoms with Crippen LogP contribution in [0.25, 0.3) is 5.95 Å². The van der Waals surface area contributed by atoms with E-state index in [9.17, 15) is 4.79 Å². The summed E-state index contributed by atoms with van der Waals surface area (Å²) in [5.74, 6) is 0.485. The highest BCUT2D eigenvalue weighted by atomic mass is 16.1. The van der Waals surface area contributed by atoms with Gasteiger partial charge in [0.1, 0.15) is 0 Å². The van der Waals surface area contributed by atoms with Gasteiger partial charge in [-0.1, -0.05) is 0 Å². The second-order valence-electron chi connectivity index (χ2n) is 3.64. The SMILES string of the molecule is Cc1nn(-c2ncc(C=O)cn2)c(C)c1C. The first-order valence-electron chi connectivity index (χ1n) is 4.94. The van der Waals surface area contributed by atoms with Crippen molar-refractivity contribution < 1.29 is 4.79 Å². The normalized spacial score (nSPS) is 10.4. The van der Waals surface area contributed by atoms with Crippen molar-refractivity contribution in [2.24, 2.45) is 0 Å². The average molecular weight is 216 g/mol. The monoisotopic (exact) mass is 216 g/mol. The Kier molecular flexibility index (Phi) is 2.52. The Bertz CT molecular complexity index is 528. The van der Waals surface area contributed by atoms with Gasteiger partial charge < -0.3 is 0 Å². The standard InChI is InChI=1S/C11H12N4O/c1-7-8(2)14-15(9(7)3)11-12-4-10(6-16)5-13-11/h4-6H,1-3H3.